The molecule has 3 aromatic rings. The van der Waals surface area contributed by atoms with Crippen molar-refractivity contribution in [2.24, 2.45) is 0 Å². The Labute approximate surface area is 121 Å². The minimum atomic E-state index is 0.788. The van der Waals surface area contributed by atoms with Crippen LogP contribution in [-0.4, -0.2) is 9.97 Å². The lowest BCUT2D eigenvalue weighted by molar-refractivity contribution is 1.29. The van der Waals surface area contributed by atoms with E-state index in [9.17, 15) is 0 Å². The molecule has 1 N–H and O–H groups in total. The van der Waals surface area contributed by atoms with Crippen LogP contribution in [0.15, 0.2) is 54.0 Å². The number of nitrogens with one attached hydrogen (secondary N) is 1. The molecule has 0 atom stereocenters. The van der Waals surface area contributed by atoms with Gasteiger partial charge >= 0.3 is 0 Å². The van der Waals surface area contributed by atoms with Crippen LogP contribution >= 0.6 is 11.3 Å². The van der Waals surface area contributed by atoms with Crippen molar-refractivity contribution in [2.45, 2.75) is 0 Å². The van der Waals surface area contributed by atoms with Gasteiger partial charge in [0, 0.05) is 22.7 Å². The van der Waals surface area contributed by atoms with Gasteiger partial charge in [-0.1, -0.05) is 24.1 Å². The molecular weight excluding hydrogens is 266 g/mol. The predicted molar refractivity (Wildman–Crippen MR) is 83.0 cm³/mol. The predicted octanol–water partition coefficient (Wildman–Crippen LogP) is 3.93. The van der Waals surface area contributed by atoms with Crippen molar-refractivity contribution in [1.29, 1.82) is 0 Å². The third-order valence-corrected chi connectivity index (χ3v) is 3.51. The van der Waals surface area contributed by atoms with Crippen LogP contribution in [0, 0.1) is 12.3 Å². The summed E-state index contributed by atoms with van der Waals surface area (Å²) < 4.78 is 0. The fraction of sp³-hybridized carbons (Fsp3) is 0. The van der Waals surface area contributed by atoms with Crippen molar-refractivity contribution >= 4 is 22.3 Å². The molecule has 20 heavy (non-hydrogen) atoms. The maximum atomic E-state index is 5.35. The number of anilines is 2. The van der Waals surface area contributed by atoms with Gasteiger partial charge in [0.2, 0.25) is 0 Å². The average molecular weight is 277 g/mol. The van der Waals surface area contributed by atoms with Gasteiger partial charge in [-0.2, -0.15) is 0 Å². The van der Waals surface area contributed by atoms with Crippen molar-refractivity contribution in [1.82, 2.24) is 9.97 Å². The van der Waals surface area contributed by atoms with Gasteiger partial charge in [0.05, 0.1) is 5.69 Å². The first-order chi connectivity index (χ1) is 9.85. The van der Waals surface area contributed by atoms with E-state index in [1.807, 2.05) is 47.8 Å². The Morgan fingerprint density at radius 3 is 2.65 bits per heavy atom. The van der Waals surface area contributed by atoms with E-state index >= 15 is 0 Å². The van der Waals surface area contributed by atoms with E-state index in [2.05, 4.69) is 21.2 Å². The van der Waals surface area contributed by atoms with Crippen LogP contribution in [0.25, 0.3) is 11.3 Å². The number of pyridine rings is 1. The Morgan fingerprint density at radius 1 is 1.10 bits per heavy atom. The summed E-state index contributed by atoms with van der Waals surface area (Å²) in [7, 11) is 0. The number of thiazole rings is 1. The molecule has 0 unspecified atom stereocenters. The second-order valence-electron chi connectivity index (χ2n) is 4.10. The topological polar surface area (TPSA) is 37.8 Å². The molecule has 0 amide bonds. The summed E-state index contributed by atoms with van der Waals surface area (Å²) in [5, 5.41) is 6.01. The minimum absolute atomic E-state index is 0.788. The molecule has 0 aliphatic carbocycles. The average Bonchev–Trinajstić information content (AvgIpc) is 2.97. The monoisotopic (exact) mass is 277 g/mol. The van der Waals surface area contributed by atoms with E-state index in [-0.39, 0.29) is 0 Å². The lowest BCUT2D eigenvalue weighted by atomic mass is 10.1. The summed E-state index contributed by atoms with van der Waals surface area (Å²) in [6, 6.07) is 13.5. The molecule has 0 aliphatic rings. The molecule has 3 rings (SSSR count). The molecular formula is C16H11N3S. The summed E-state index contributed by atoms with van der Waals surface area (Å²) in [5.74, 6) is 3.39. The first-order valence-electron chi connectivity index (χ1n) is 6.06. The van der Waals surface area contributed by atoms with Gasteiger partial charge in [0.25, 0.3) is 0 Å². The number of aromatic nitrogens is 2. The van der Waals surface area contributed by atoms with Crippen molar-refractivity contribution in [3.8, 4) is 23.6 Å². The fourth-order valence-electron chi connectivity index (χ4n) is 1.75. The number of hydrogen-bond acceptors (Lipinski definition) is 4. The van der Waals surface area contributed by atoms with Gasteiger partial charge in [-0.25, -0.2) is 9.97 Å². The summed E-state index contributed by atoms with van der Waals surface area (Å²) in [5.41, 5.74) is 2.85. The molecule has 0 saturated carbocycles. The second kappa shape index (κ2) is 5.55. The van der Waals surface area contributed by atoms with Crippen LogP contribution in [0.3, 0.4) is 0 Å². The Kier molecular flexibility index (Phi) is 3.44. The molecule has 0 aliphatic heterocycles. The maximum absolute atomic E-state index is 5.35. The van der Waals surface area contributed by atoms with Crippen molar-refractivity contribution in [2.75, 3.05) is 5.32 Å². The van der Waals surface area contributed by atoms with Gasteiger partial charge in [-0.05, 0) is 24.3 Å². The van der Waals surface area contributed by atoms with Gasteiger partial charge in [0.1, 0.15) is 5.82 Å². The van der Waals surface area contributed by atoms with Gasteiger partial charge in [-0.15, -0.1) is 17.8 Å². The van der Waals surface area contributed by atoms with Gasteiger partial charge in [-0.3, -0.25) is 0 Å². The van der Waals surface area contributed by atoms with Crippen LogP contribution in [0.2, 0.25) is 0 Å². The van der Waals surface area contributed by atoms with E-state index < -0.39 is 0 Å². The molecule has 2 aromatic heterocycles. The molecule has 0 bridgehead atoms. The van der Waals surface area contributed by atoms with Crippen molar-refractivity contribution < 1.29 is 0 Å². The third kappa shape index (κ3) is 2.68. The molecule has 1 aromatic carbocycles. The molecule has 0 radical (unpaired) electrons. The summed E-state index contributed by atoms with van der Waals surface area (Å²) in [6.45, 7) is 0. The third-order valence-electron chi connectivity index (χ3n) is 2.75. The van der Waals surface area contributed by atoms with E-state index in [1.165, 1.54) is 0 Å². The highest BCUT2D eigenvalue weighted by atomic mass is 32.1. The van der Waals surface area contributed by atoms with E-state index in [0.717, 1.165) is 27.8 Å². The Morgan fingerprint density at radius 2 is 1.95 bits per heavy atom. The molecule has 4 heteroatoms. The quantitative estimate of drug-likeness (QED) is 0.737. The van der Waals surface area contributed by atoms with Crippen LogP contribution in [0.5, 0.6) is 0 Å². The van der Waals surface area contributed by atoms with E-state index in [0.29, 0.717) is 0 Å². The number of rotatable bonds is 3. The Balaban J connectivity index is 1.81. The van der Waals surface area contributed by atoms with Crippen molar-refractivity contribution in [3.63, 3.8) is 0 Å². The van der Waals surface area contributed by atoms with Crippen LogP contribution in [-0.2, 0) is 0 Å². The molecule has 96 valence electrons. The lowest BCUT2D eigenvalue weighted by Gasteiger charge is -2.00. The Bertz CT molecular complexity index is 739. The van der Waals surface area contributed by atoms with E-state index in [4.69, 9.17) is 6.42 Å². The molecule has 0 fully saturated rings. The Hall–Kier alpha value is -2.64. The van der Waals surface area contributed by atoms with E-state index in [1.54, 1.807) is 17.5 Å². The highest BCUT2D eigenvalue weighted by molar-refractivity contribution is 7.14. The van der Waals surface area contributed by atoms with Crippen LogP contribution in [0.1, 0.15) is 5.56 Å². The molecule has 0 spiro atoms. The zero-order chi connectivity index (χ0) is 13.8. The number of nitrogens with zero attached hydrogens (tertiary/aromatic N) is 2. The van der Waals surface area contributed by atoms with Gasteiger partial charge in [0.15, 0.2) is 5.13 Å². The number of benzene rings is 1. The number of hydrogen-bond donors (Lipinski definition) is 1. The highest BCUT2D eigenvalue weighted by Crippen LogP contribution is 2.26. The molecule has 3 nitrogen and oxygen atoms in total. The normalized spacial score (nSPS) is 9.95. The standard InChI is InChI=1S/C16H11N3S/c1-2-12-6-8-13(9-7-12)14-11-20-16(18-14)19-15-5-3-4-10-17-15/h1,3-11H,(H,17,18,19). The fourth-order valence-corrected chi connectivity index (χ4v) is 2.47. The largest absolute Gasteiger partial charge is 0.316 e. The zero-order valence-electron chi connectivity index (χ0n) is 10.6. The smallest absolute Gasteiger partial charge is 0.188 e. The zero-order valence-corrected chi connectivity index (χ0v) is 11.4. The summed E-state index contributed by atoms with van der Waals surface area (Å²) in [4.78, 5) is 8.76. The summed E-state index contributed by atoms with van der Waals surface area (Å²) >= 11 is 1.55. The first-order valence-corrected chi connectivity index (χ1v) is 6.94. The van der Waals surface area contributed by atoms with Gasteiger partial charge < -0.3 is 5.32 Å². The summed E-state index contributed by atoms with van der Waals surface area (Å²) in [6.07, 6.45) is 7.09. The van der Waals surface area contributed by atoms with Crippen LogP contribution in [0.4, 0.5) is 10.9 Å². The van der Waals surface area contributed by atoms with Crippen molar-refractivity contribution in [3.05, 3.63) is 59.6 Å². The highest BCUT2D eigenvalue weighted by Gasteiger charge is 2.05. The maximum Gasteiger partial charge on any atom is 0.188 e. The number of terminal acetylenes is 1. The second-order valence-corrected chi connectivity index (χ2v) is 4.96. The molecule has 2 heterocycles. The van der Waals surface area contributed by atoms with Crippen LogP contribution < -0.4 is 5.32 Å². The molecule has 0 saturated heterocycles. The SMILES string of the molecule is C#Cc1ccc(-c2csc(Nc3ccccn3)n2)cc1. The minimum Gasteiger partial charge on any atom is -0.316 e. The lowest BCUT2D eigenvalue weighted by Crippen LogP contribution is -1.91. The first kappa shape index (κ1) is 12.4.